The summed E-state index contributed by atoms with van der Waals surface area (Å²) in [5.41, 5.74) is -0.0320. The van der Waals surface area contributed by atoms with Gasteiger partial charge in [0, 0.05) is 0 Å². The first-order chi connectivity index (χ1) is 6.13. The second kappa shape index (κ2) is 3.70. The monoisotopic (exact) mass is 185 g/mol. The molecule has 70 valence electrons. The largest absolute Gasteiger partial charge is 0.469 e. The molecule has 0 aromatic carbocycles. The first-order valence-electron chi connectivity index (χ1n) is 3.43. The maximum Gasteiger partial charge on any atom is 0.419 e. The molecule has 1 rings (SSSR count). The number of methoxy groups -OCH3 is 1. The van der Waals surface area contributed by atoms with E-state index in [2.05, 4.69) is 14.8 Å². The van der Waals surface area contributed by atoms with Crippen LogP contribution < -0.4 is 5.32 Å². The third kappa shape index (κ3) is 2.29. The zero-order chi connectivity index (χ0) is 9.84. The zero-order valence-corrected chi connectivity index (χ0v) is 6.83. The van der Waals surface area contributed by atoms with Gasteiger partial charge in [-0.25, -0.2) is 9.59 Å². The molecule has 0 radical (unpaired) electrons. The van der Waals surface area contributed by atoms with Gasteiger partial charge >= 0.3 is 18.0 Å². The lowest BCUT2D eigenvalue weighted by Crippen LogP contribution is -2.12. The quantitative estimate of drug-likeness (QED) is 0.363. The molecule has 0 atom stereocenters. The number of carbonyl (C=O) groups excluding carboxylic acids is 3. The summed E-state index contributed by atoms with van der Waals surface area (Å²) in [4.78, 5) is 31.9. The van der Waals surface area contributed by atoms with Gasteiger partial charge in [0.15, 0.2) is 0 Å². The molecule has 1 saturated heterocycles. The summed E-state index contributed by atoms with van der Waals surface area (Å²) in [6, 6.07) is 0. The van der Waals surface area contributed by atoms with Crippen molar-refractivity contribution >= 4 is 18.0 Å². The number of esters is 2. The van der Waals surface area contributed by atoms with Crippen LogP contribution in [0.1, 0.15) is 6.42 Å². The summed E-state index contributed by atoms with van der Waals surface area (Å²) >= 11 is 0. The van der Waals surface area contributed by atoms with Gasteiger partial charge in [-0.2, -0.15) is 0 Å². The molecule has 1 aliphatic heterocycles. The SMILES string of the molecule is COC(=O)C/C=C1/NC(=O)OC1=O. The molecule has 1 heterocycles. The van der Waals surface area contributed by atoms with Crippen molar-refractivity contribution in [3.05, 3.63) is 11.8 Å². The van der Waals surface area contributed by atoms with Crippen molar-refractivity contribution in [3.8, 4) is 0 Å². The van der Waals surface area contributed by atoms with Crippen LogP contribution in [-0.4, -0.2) is 25.1 Å². The predicted molar refractivity (Wildman–Crippen MR) is 39.3 cm³/mol. The van der Waals surface area contributed by atoms with Crippen LogP contribution in [0.2, 0.25) is 0 Å². The topological polar surface area (TPSA) is 81.7 Å². The number of rotatable bonds is 2. The van der Waals surface area contributed by atoms with Gasteiger partial charge in [-0.3, -0.25) is 10.1 Å². The van der Waals surface area contributed by atoms with Gasteiger partial charge in [-0.05, 0) is 6.08 Å². The van der Waals surface area contributed by atoms with Crippen molar-refractivity contribution in [2.24, 2.45) is 0 Å². The minimum Gasteiger partial charge on any atom is -0.469 e. The van der Waals surface area contributed by atoms with Gasteiger partial charge in [0.25, 0.3) is 0 Å². The van der Waals surface area contributed by atoms with Crippen LogP contribution in [0.5, 0.6) is 0 Å². The van der Waals surface area contributed by atoms with Gasteiger partial charge in [0.2, 0.25) is 0 Å². The minimum absolute atomic E-state index is 0.0320. The van der Waals surface area contributed by atoms with Gasteiger partial charge in [0.05, 0.1) is 13.5 Å². The Morgan fingerprint density at radius 2 is 2.31 bits per heavy atom. The van der Waals surface area contributed by atoms with E-state index in [1.165, 1.54) is 13.2 Å². The van der Waals surface area contributed by atoms with E-state index in [4.69, 9.17) is 0 Å². The summed E-state index contributed by atoms with van der Waals surface area (Å²) in [5.74, 6) is -1.28. The lowest BCUT2D eigenvalue weighted by Gasteiger charge is -1.93. The zero-order valence-electron chi connectivity index (χ0n) is 6.83. The van der Waals surface area contributed by atoms with Crippen molar-refractivity contribution in [2.75, 3.05) is 7.11 Å². The Balaban J connectivity index is 2.57. The number of hydrogen-bond acceptors (Lipinski definition) is 5. The van der Waals surface area contributed by atoms with E-state index in [0.717, 1.165) is 0 Å². The Morgan fingerprint density at radius 3 is 2.77 bits per heavy atom. The van der Waals surface area contributed by atoms with E-state index in [0.29, 0.717) is 0 Å². The molecule has 0 aromatic rings. The maximum atomic E-state index is 10.8. The summed E-state index contributed by atoms with van der Waals surface area (Å²) < 4.78 is 8.45. The number of cyclic esters (lactones) is 2. The molecule has 0 bridgehead atoms. The molecular formula is C7H7NO5. The first-order valence-corrected chi connectivity index (χ1v) is 3.43. The fourth-order valence-corrected chi connectivity index (χ4v) is 0.729. The van der Waals surface area contributed by atoms with Crippen molar-refractivity contribution in [3.63, 3.8) is 0 Å². The first kappa shape index (κ1) is 9.24. The summed E-state index contributed by atoms with van der Waals surface area (Å²) in [6.45, 7) is 0. The van der Waals surface area contributed by atoms with E-state index in [1.807, 2.05) is 0 Å². The number of carbonyl (C=O) groups is 3. The Bertz CT molecular complexity index is 293. The molecule has 1 amide bonds. The van der Waals surface area contributed by atoms with Crippen molar-refractivity contribution < 1.29 is 23.9 Å². The van der Waals surface area contributed by atoms with Crippen LogP contribution in [0, 0.1) is 0 Å². The Morgan fingerprint density at radius 1 is 1.62 bits per heavy atom. The molecule has 0 saturated carbocycles. The minimum atomic E-state index is -0.832. The van der Waals surface area contributed by atoms with Crippen LogP contribution in [-0.2, 0) is 19.1 Å². The number of amides is 1. The molecular weight excluding hydrogens is 178 g/mol. The average molecular weight is 185 g/mol. The van der Waals surface area contributed by atoms with E-state index in [1.54, 1.807) is 0 Å². The number of nitrogens with one attached hydrogen (secondary N) is 1. The average Bonchev–Trinajstić information content (AvgIpc) is 2.41. The van der Waals surface area contributed by atoms with Gasteiger partial charge in [-0.15, -0.1) is 0 Å². The summed E-state index contributed by atoms with van der Waals surface area (Å²) in [7, 11) is 1.23. The normalized spacial score (nSPS) is 18.4. The number of hydrogen-bond donors (Lipinski definition) is 1. The Hall–Kier alpha value is -1.85. The third-order valence-corrected chi connectivity index (χ3v) is 1.34. The van der Waals surface area contributed by atoms with Gasteiger partial charge < -0.3 is 9.47 Å². The lowest BCUT2D eigenvalue weighted by atomic mass is 10.3. The molecule has 0 unspecified atom stereocenters. The molecule has 1 aliphatic rings. The number of ether oxygens (including phenoxy) is 2. The Labute approximate surface area is 73.5 Å². The molecule has 0 aromatic heterocycles. The van der Waals surface area contributed by atoms with Crippen LogP contribution in [0.15, 0.2) is 11.8 Å². The highest BCUT2D eigenvalue weighted by Crippen LogP contribution is 2.04. The van der Waals surface area contributed by atoms with Crippen molar-refractivity contribution in [1.82, 2.24) is 5.32 Å². The van der Waals surface area contributed by atoms with Gasteiger partial charge in [-0.1, -0.05) is 0 Å². The smallest absolute Gasteiger partial charge is 0.419 e. The van der Waals surface area contributed by atoms with Crippen LogP contribution >= 0.6 is 0 Å². The molecule has 0 spiro atoms. The number of alkyl carbamates (subject to hydrolysis) is 1. The third-order valence-electron chi connectivity index (χ3n) is 1.34. The lowest BCUT2D eigenvalue weighted by molar-refractivity contribution is -0.139. The van der Waals surface area contributed by atoms with E-state index >= 15 is 0 Å². The highest BCUT2D eigenvalue weighted by Gasteiger charge is 2.25. The fraction of sp³-hybridized carbons (Fsp3) is 0.286. The van der Waals surface area contributed by atoms with E-state index in [-0.39, 0.29) is 12.1 Å². The second-order valence-corrected chi connectivity index (χ2v) is 2.20. The Kier molecular flexibility index (Phi) is 2.63. The molecule has 6 nitrogen and oxygen atoms in total. The highest BCUT2D eigenvalue weighted by atomic mass is 16.6. The molecule has 1 fully saturated rings. The molecule has 0 aliphatic carbocycles. The standard InChI is InChI=1S/C7H7NO5/c1-12-5(9)3-2-4-6(10)13-7(11)8-4/h2H,3H2,1H3,(H,8,11)/b4-2+. The predicted octanol–water partition coefficient (Wildman–Crippen LogP) is -0.300. The molecule has 13 heavy (non-hydrogen) atoms. The van der Waals surface area contributed by atoms with Gasteiger partial charge in [0.1, 0.15) is 5.70 Å². The fourth-order valence-electron chi connectivity index (χ4n) is 0.729. The van der Waals surface area contributed by atoms with Crippen LogP contribution in [0.25, 0.3) is 0 Å². The maximum absolute atomic E-state index is 10.8. The van der Waals surface area contributed by atoms with Crippen LogP contribution in [0.4, 0.5) is 4.79 Å². The van der Waals surface area contributed by atoms with E-state index in [9.17, 15) is 14.4 Å². The van der Waals surface area contributed by atoms with E-state index < -0.39 is 18.0 Å². The highest BCUT2D eigenvalue weighted by molar-refractivity contribution is 6.04. The van der Waals surface area contributed by atoms with Crippen molar-refractivity contribution in [2.45, 2.75) is 6.42 Å². The molecule has 1 N–H and O–H groups in total. The summed E-state index contributed by atoms with van der Waals surface area (Å²) in [5, 5.41) is 2.13. The second-order valence-electron chi connectivity index (χ2n) is 2.20. The summed E-state index contributed by atoms with van der Waals surface area (Å²) in [6.07, 6.45) is 0.321. The van der Waals surface area contributed by atoms with Crippen LogP contribution in [0.3, 0.4) is 0 Å². The van der Waals surface area contributed by atoms with Crippen molar-refractivity contribution in [1.29, 1.82) is 0 Å². The molecule has 6 heteroatoms.